The summed E-state index contributed by atoms with van der Waals surface area (Å²) in [6.07, 6.45) is 3.08. The van der Waals surface area contributed by atoms with Crippen molar-refractivity contribution in [3.63, 3.8) is 0 Å². The summed E-state index contributed by atoms with van der Waals surface area (Å²) >= 11 is 1.37. The van der Waals surface area contributed by atoms with Gasteiger partial charge in [0.25, 0.3) is 0 Å². The largest absolute Gasteiger partial charge is 0.463 e. The van der Waals surface area contributed by atoms with E-state index in [0.717, 1.165) is 5.69 Å². The molecular weight excluding hydrogens is 274 g/mol. The molecule has 1 aliphatic heterocycles. The van der Waals surface area contributed by atoms with E-state index >= 15 is 0 Å². The van der Waals surface area contributed by atoms with Crippen LogP contribution in [-0.2, 0) is 4.79 Å². The Morgan fingerprint density at radius 2 is 2.05 bits per heavy atom. The van der Waals surface area contributed by atoms with Crippen LogP contribution in [0.25, 0.3) is 0 Å². The van der Waals surface area contributed by atoms with Crippen molar-refractivity contribution in [3.05, 3.63) is 54.5 Å². The molecule has 0 spiro atoms. The Hall–Kier alpha value is -2.34. The van der Waals surface area contributed by atoms with Crippen molar-refractivity contribution < 1.29 is 9.21 Å². The van der Waals surface area contributed by atoms with Crippen LogP contribution in [0.4, 0.5) is 5.69 Å². The molecule has 1 saturated heterocycles. The zero-order valence-electron chi connectivity index (χ0n) is 10.5. The molecular formula is C14H11N3O2S. The lowest BCUT2D eigenvalue weighted by molar-refractivity contribution is -0.115. The van der Waals surface area contributed by atoms with Crippen LogP contribution in [-0.4, -0.2) is 23.0 Å². The summed E-state index contributed by atoms with van der Waals surface area (Å²) < 4.78 is 5.12. The summed E-state index contributed by atoms with van der Waals surface area (Å²) in [7, 11) is 0. The van der Waals surface area contributed by atoms with Crippen LogP contribution in [0.1, 0.15) is 5.76 Å². The molecule has 20 heavy (non-hydrogen) atoms. The number of anilines is 1. The third kappa shape index (κ3) is 2.65. The fraction of sp³-hybridized carbons (Fsp3) is 0.0714. The molecule has 1 aromatic heterocycles. The van der Waals surface area contributed by atoms with E-state index in [2.05, 4.69) is 10.2 Å². The van der Waals surface area contributed by atoms with Gasteiger partial charge in [-0.1, -0.05) is 30.0 Å². The average molecular weight is 285 g/mol. The SMILES string of the molecule is O=C1CS/C(=N/N=C\c2ccco2)N1c1ccccc1. The van der Waals surface area contributed by atoms with E-state index in [1.54, 1.807) is 23.3 Å². The summed E-state index contributed by atoms with van der Waals surface area (Å²) in [4.78, 5) is 13.5. The Morgan fingerprint density at radius 3 is 2.80 bits per heavy atom. The maximum atomic E-state index is 11.9. The molecule has 2 heterocycles. The first-order valence-corrected chi connectivity index (χ1v) is 6.98. The summed E-state index contributed by atoms with van der Waals surface area (Å²) in [5, 5.41) is 8.63. The first-order chi connectivity index (χ1) is 9.84. The molecule has 2 aromatic rings. The van der Waals surface area contributed by atoms with Gasteiger partial charge in [0, 0.05) is 0 Å². The van der Waals surface area contributed by atoms with Gasteiger partial charge in [-0.3, -0.25) is 9.69 Å². The number of carbonyl (C=O) groups excluding carboxylic acids is 1. The van der Waals surface area contributed by atoms with Crippen LogP contribution >= 0.6 is 11.8 Å². The number of carbonyl (C=O) groups is 1. The monoisotopic (exact) mass is 285 g/mol. The van der Waals surface area contributed by atoms with Crippen LogP contribution in [0.2, 0.25) is 0 Å². The molecule has 100 valence electrons. The molecule has 0 aliphatic carbocycles. The summed E-state index contributed by atoms with van der Waals surface area (Å²) in [5.74, 6) is 1.01. The number of hydrogen-bond donors (Lipinski definition) is 0. The number of thioether (sulfide) groups is 1. The quantitative estimate of drug-likeness (QED) is 0.643. The van der Waals surface area contributed by atoms with Gasteiger partial charge in [-0.2, -0.15) is 5.10 Å². The lowest BCUT2D eigenvalue weighted by Crippen LogP contribution is -2.28. The highest BCUT2D eigenvalue weighted by molar-refractivity contribution is 8.15. The highest BCUT2D eigenvalue weighted by Crippen LogP contribution is 2.26. The fourth-order valence-corrected chi connectivity index (χ4v) is 2.59. The lowest BCUT2D eigenvalue weighted by Gasteiger charge is -2.14. The number of amidine groups is 1. The molecule has 1 fully saturated rings. The third-order valence-electron chi connectivity index (χ3n) is 2.65. The number of furan rings is 1. The van der Waals surface area contributed by atoms with Gasteiger partial charge >= 0.3 is 0 Å². The van der Waals surface area contributed by atoms with Crippen molar-refractivity contribution in [1.82, 2.24) is 0 Å². The summed E-state index contributed by atoms with van der Waals surface area (Å²) in [6, 6.07) is 13.0. The van der Waals surface area contributed by atoms with Gasteiger partial charge in [-0.15, -0.1) is 5.10 Å². The number of rotatable bonds is 3. The number of amides is 1. The van der Waals surface area contributed by atoms with Crippen LogP contribution in [0, 0.1) is 0 Å². The Bertz CT molecular complexity index is 650. The minimum atomic E-state index is 0.00755. The van der Waals surface area contributed by atoms with Gasteiger partial charge in [0.1, 0.15) is 5.76 Å². The van der Waals surface area contributed by atoms with Crippen molar-refractivity contribution >= 4 is 34.7 Å². The Kier molecular flexibility index (Phi) is 3.64. The predicted octanol–water partition coefficient (Wildman–Crippen LogP) is 2.75. The molecule has 1 amide bonds. The molecule has 0 N–H and O–H groups in total. The van der Waals surface area contributed by atoms with E-state index in [9.17, 15) is 4.79 Å². The maximum absolute atomic E-state index is 11.9. The van der Waals surface area contributed by atoms with Crippen molar-refractivity contribution in [2.45, 2.75) is 0 Å². The zero-order valence-corrected chi connectivity index (χ0v) is 11.3. The Balaban J connectivity index is 1.83. The zero-order chi connectivity index (χ0) is 13.8. The topological polar surface area (TPSA) is 58.2 Å². The van der Waals surface area contributed by atoms with E-state index < -0.39 is 0 Å². The van der Waals surface area contributed by atoms with Gasteiger partial charge in [0.2, 0.25) is 5.91 Å². The second kappa shape index (κ2) is 5.75. The average Bonchev–Trinajstić information content (AvgIpc) is 3.10. The second-order valence-electron chi connectivity index (χ2n) is 4.00. The minimum Gasteiger partial charge on any atom is -0.463 e. The van der Waals surface area contributed by atoms with Crippen LogP contribution in [0.15, 0.2) is 63.3 Å². The van der Waals surface area contributed by atoms with Gasteiger partial charge < -0.3 is 4.42 Å². The highest BCUT2D eigenvalue weighted by Gasteiger charge is 2.29. The normalized spacial score (nSPS) is 17.5. The predicted molar refractivity (Wildman–Crippen MR) is 80.1 cm³/mol. The molecule has 0 unspecified atom stereocenters. The molecule has 0 atom stereocenters. The Morgan fingerprint density at radius 1 is 1.20 bits per heavy atom. The number of para-hydroxylation sites is 1. The number of benzene rings is 1. The van der Waals surface area contributed by atoms with E-state index in [-0.39, 0.29) is 5.91 Å². The standard InChI is InChI=1S/C14H11N3O2S/c18-13-10-20-14(16-15-9-12-7-4-8-19-12)17(13)11-5-2-1-3-6-11/h1-9H,10H2/b15-9-,16-14+. The van der Waals surface area contributed by atoms with E-state index in [0.29, 0.717) is 16.7 Å². The molecule has 6 heteroatoms. The van der Waals surface area contributed by atoms with E-state index in [4.69, 9.17) is 4.42 Å². The van der Waals surface area contributed by atoms with Crippen molar-refractivity contribution in [2.24, 2.45) is 10.2 Å². The first-order valence-electron chi connectivity index (χ1n) is 6.00. The first kappa shape index (κ1) is 12.7. The third-order valence-corrected chi connectivity index (χ3v) is 3.56. The van der Waals surface area contributed by atoms with Gasteiger partial charge in [0.15, 0.2) is 5.17 Å². The van der Waals surface area contributed by atoms with E-state index in [1.807, 2.05) is 30.3 Å². The molecule has 5 nitrogen and oxygen atoms in total. The van der Waals surface area contributed by atoms with Gasteiger partial charge in [0.05, 0.1) is 23.9 Å². The maximum Gasteiger partial charge on any atom is 0.243 e. The summed E-state index contributed by atoms with van der Waals surface area (Å²) in [6.45, 7) is 0. The Labute approximate surface area is 120 Å². The number of hydrogen-bond acceptors (Lipinski definition) is 5. The van der Waals surface area contributed by atoms with Crippen molar-refractivity contribution in [2.75, 3.05) is 10.7 Å². The molecule has 1 aliphatic rings. The molecule has 3 rings (SSSR count). The van der Waals surface area contributed by atoms with Crippen LogP contribution < -0.4 is 4.90 Å². The second-order valence-corrected chi connectivity index (χ2v) is 4.94. The van der Waals surface area contributed by atoms with Crippen molar-refractivity contribution in [1.29, 1.82) is 0 Å². The molecule has 0 radical (unpaired) electrons. The molecule has 1 aromatic carbocycles. The summed E-state index contributed by atoms with van der Waals surface area (Å²) in [5.41, 5.74) is 0.800. The van der Waals surface area contributed by atoms with Gasteiger partial charge in [-0.05, 0) is 24.3 Å². The van der Waals surface area contributed by atoms with E-state index in [1.165, 1.54) is 18.0 Å². The molecule has 0 saturated carbocycles. The molecule has 0 bridgehead atoms. The minimum absolute atomic E-state index is 0.00755. The fourth-order valence-electron chi connectivity index (χ4n) is 1.77. The van der Waals surface area contributed by atoms with Crippen LogP contribution in [0.5, 0.6) is 0 Å². The number of nitrogens with zero attached hydrogens (tertiary/aromatic N) is 3. The lowest BCUT2D eigenvalue weighted by atomic mass is 10.3. The van der Waals surface area contributed by atoms with Crippen molar-refractivity contribution in [3.8, 4) is 0 Å². The van der Waals surface area contributed by atoms with Crippen LogP contribution in [0.3, 0.4) is 0 Å². The smallest absolute Gasteiger partial charge is 0.243 e. The van der Waals surface area contributed by atoms with Gasteiger partial charge in [-0.25, -0.2) is 0 Å². The highest BCUT2D eigenvalue weighted by atomic mass is 32.2.